The normalized spacial score (nSPS) is 12.0. The van der Waals surface area contributed by atoms with Crippen molar-refractivity contribution >= 4 is 11.7 Å². The summed E-state index contributed by atoms with van der Waals surface area (Å²) in [5.41, 5.74) is 0.274. The highest BCUT2D eigenvalue weighted by molar-refractivity contribution is 5.91. The molecule has 6 heteroatoms. The van der Waals surface area contributed by atoms with E-state index in [2.05, 4.69) is 15.5 Å². The molecular formula is C10H16N4O2. The second-order valence-corrected chi connectivity index (χ2v) is 3.50. The smallest absolute Gasteiger partial charge is 0.271 e. The molecule has 16 heavy (non-hydrogen) atoms. The first-order chi connectivity index (χ1) is 7.60. The van der Waals surface area contributed by atoms with E-state index in [1.807, 2.05) is 14.0 Å². The Morgan fingerprint density at radius 1 is 1.56 bits per heavy atom. The van der Waals surface area contributed by atoms with Crippen molar-refractivity contribution < 1.29 is 9.90 Å². The van der Waals surface area contributed by atoms with Crippen molar-refractivity contribution in [3.8, 4) is 0 Å². The Hall–Kier alpha value is -1.69. The molecule has 1 atom stereocenters. The van der Waals surface area contributed by atoms with E-state index in [0.717, 1.165) is 0 Å². The van der Waals surface area contributed by atoms with Crippen LogP contribution in [0.15, 0.2) is 12.1 Å². The molecule has 0 aliphatic rings. The van der Waals surface area contributed by atoms with E-state index < -0.39 is 0 Å². The molecule has 1 unspecified atom stereocenters. The Labute approximate surface area is 94.3 Å². The summed E-state index contributed by atoms with van der Waals surface area (Å²) in [5.74, 6) is 0.353. The molecular weight excluding hydrogens is 208 g/mol. The first-order valence-corrected chi connectivity index (χ1v) is 4.99. The predicted molar refractivity (Wildman–Crippen MR) is 60.4 cm³/mol. The molecule has 2 N–H and O–H groups in total. The molecule has 6 nitrogen and oxygen atoms in total. The predicted octanol–water partition coefficient (Wildman–Crippen LogP) is -0.347. The zero-order valence-electron chi connectivity index (χ0n) is 9.64. The van der Waals surface area contributed by atoms with Crippen molar-refractivity contribution in [3.05, 3.63) is 17.8 Å². The summed E-state index contributed by atoms with van der Waals surface area (Å²) in [6, 6.07) is 3.26. The van der Waals surface area contributed by atoms with Crippen molar-refractivity contribution in [2.75, 3.05) is 25.6 Å². The van der Waals surface area contributed by atoms with E-state index in [1.54, 1.807) is 17.0 Å². The fraction of sp³-hybridized carbons (Fsp3) is 0.500. The van der Waals surface area contributed by atoms with Crippen LogP contribution >= 0.6 is 0 Å². The van der Waals surface area contributed by atoms with E-state index in [4.69, 9.17) is 5.11 Å². The topological polar surface area (TPSA) is 78.4 Å². The van der Waals surface area contributed by atoms with Gasteiger partial charge in [-0.05, 0) is 19.1 Å². The number of rotatable bonds is 4. The van der Waals surface area contributed by atoms with Crippen LogP contribution in [0.5, 0.6) is 0 Å². The van der Waals surface area contributed by atoms with Gasteiger partial charge in [0.15, 0.2) is 11.5 Å². The van der Waals surface area contributed by atoms with Gasteiger partial charge >= 0.3 is 0 Å². The highest BCUT2D eigenvalue weighted by atomic mass is 16.3. The zero-order valence-corrected chi connectivity index (χ0v) is 9.64. The standard InChI is InChI=1S/C10H16N4O2/c1-7(6-15)14(3)9-5-4-8(12-13-9)10(16)11-2/h4-5,7,15H,6H2,1-3H3,(H,11,16). The van der Waals surface area contributed by atoms with Gasteiger partial charge in [0.1, 0.15) is 0 Å². The molecule has 0 radical (unpaired) electrons. The molecule has 0 bridgehead atoms. The van der Waals surface area contributed by atoms with E-state index in [1.165, 1.54) is 7.05 Å². The minimum atomic E-state index is -0.267. The van der Waals surface area contributed by atoms with Crippen LogP contribution in [-0.2, 0) is 0 Å². The summed E-state index contributed by atoms with van der Waals surface area (Å²) >= 11 is 0. The molecule has 1 aromatic rings. The quantitative estimate of drug-likeness (QED) is 0.731. The fourth-order valence-corrected chi connectivity index (χ4v) is 1.11. The second kappa shape index (κ2) is 5.41. The SMILES string of the molecule is CNC(=O)c1ccc(N(C)C(C)CO)nn1. The first kappa shape index (κ1) is 12.4. The highest BCUT2D eigenvalue weighted by Crippen LogP contribution is 2.10. The van der Waals surface area contributed by atoms with E-state index in [-0.39, 0.29) is 24.2 Å². The van der Waals surface area contributed by atoms with Crippen molar-refractivity contribution in [1.29, 1.82) is 0 Å². The van der Waals surface area contributed by atoms with Crippen LogP contribution in [0, 0.1) is 0 Å². The lowest BCUT2D eigenvalue weighted by Gasteiger charge is -2.23. The Morgan fingerprint density at radius 2 is 2.25 bits per heavy atom. The van der Waals surface area contributed by atoms with Crippen molar-refractivity contribution in [2.45, 2.75) is 13.0 Å². The van der Waals surface area contributed by atoms with Gasteiger partial charge in [-0.3, -0.25) is 4.79 Å². The van der Waals surface area contributed by atoms with Crippen LogP contribution in [0.2, 0.25) is 0 Å². The molecule has 0 aliphatic carbocycles. The lowest BCUT2D eigenvalue weighted by Crippen LogP contribution is -2.32. The van der Waals surface area contributed by atoms with Gasteiger partial charge in [-0.15, -0.1) is 10.2 Å². The van der Waals surface area contributed by atoms with Crippen LogP contribution in [0.25, 0.3) is 0 Å². The number of carbonyl (C=O) groups excluding carboxylic acids is 1. The number of amides is 1. The fourth-order valence-electron chi connectivity index (χ4n) is 1.11. The molecule has 0 spiro atoms. The van der Waals surface area contributed by atoms with Gasteiger partial charge in [-0.2, -0.15) is 0 Å². The molecule has 0 aromatic carbocycles. The average molecular weight is 224 g/mol. The Bertz CT molecular complexity index is 352. The minimum Gasteiger partial charge on any atom is -0.394 e. The van der Waals surface area contributed by atoms with Crippen LogP contribution in [0.1, 0.15) is 17.4 Å². The van der Waals surface area contributed by atoms with Gasteiger partial charge in [0, 0.05) is 14.1 Å². The van der Waals surface area contributed by atoms with Crippen LogP contribution in [0.3, 0.4) is 0 Å². The summed E-state index contributed by atoms with van der Waals surface area (Å²) in [7, 11) is 3.35. The van der Waals surface area contributed by atoms with Gasteiger partial charge in [0.25, 0.3) is 5.91 Å². The van der Waals surface area contributed by atoms with Crippen LogP contribution < -0.4 is 10.2 Å². The van der Waals surface area contributed by atoms with Gasteiger partial charge in [0.05, 0.1) is 12.6 Å². The summed E-state index contributed by atoms with van der Waals surface area (Å²) < 4.78 is 0. The number of likely N-dealkylation sites (N-methyl/N-ethyl adjacent to an activating group) is 1. The van der Waals surface area contributed by atoms with Gasteiger partial charge in [-0.1, -0.05) is 0 Å². The minimum absolute atomic E-state index is 0.0371. The molecule has 0 fully saturated rings. The van der Waals surface area contributed by atoms with Gasteiger partial charge < -0.3 is 15.3 Å². The number of hydrogen-bond acceptors (Lipinski definition) is 5. The number of carbonyl (C=O) groups is 1. The molecule has 1 heterocycles. The zero-order chi connectivity index (χ0) is 12.1. The highest BCUT2D eigenvalue weighted by Gasteiger charge is 2.12. The van der Waals surface area contributed by atoms with Gasteiger partial charge in [-0.25, -0.2) is 0 Å². The number of hydrogen-bond donors (Lipinski definition) is 2. The largest absolute Gasteiger partial charge is 0.394 e. The van der Waals surface area contributed by atoms with Crippen LogP contribution in [0.4, 0.5) is 5.82 Å². The number of aliphatic hydroxyl groups is 1. The number of nitrogens with zero attached hydrogens (tertiary/aromatic N) is 3. The van der Waals surface area contributed by atoms with E-state index >= 15 is 0 Å². The average Bonchev–Trinajstić information content (AvgIpc) is 2.36. The summed E-state index contributed by atoms with van der Waals surface area (Å²) in [5, 5.41) is 19.2. The van der Waals surface area contributed by atoms with Crippen molar-refractivity contribution in [2.24, 2.45) is 0 Å². The third-order valence-corrected chi connectivity index (χ3v) is 2.40. The molecule has 0 saturated carbocycles. The van der Waals surface area contributed by atoms with Gasteiger partial charge in [0.2, 0.25) is 0 Å². The third-order valence-electron chi connectivity index (χ3n) is 2.40. The summed E-state index contributed by atoms with van der Waals surface area (Å²) in [4.78, 5) is 13.0. The number of aliphatic hydroxyl groups excluding tert-OH is 1. The summed E-state index contributed by atoms with van der Waals surface area (Å²) in [6.45, 7) is 1.91. The molecule has 0 saturated heterocycles. The van der Waals surface area contributed by atoms with E-state index in [9.17, 15) is 4.79 Å². The van der Waals surface area contributed by atoms with Crippen LogP contribution in [-0.4, -0.2) is 48.0 Å². The number of anilines is 1. The first-order valence-electron chi connectivity index (χ1n) is 4.99. The molecule has 1 amide bonds. The maximum absolute atomic E-state index is 11.2. The molecule has 1 rings (SSSR count). The second-order valence-electron chi connectivity index (χ2n) is 3.50. The molecule has 1 aromatic heterocycles. The maximum Gasteiger partial charge on any atom is 0.271 e. The number of aromatic nitrogens is 2. The Kier molecular flexibility index (Phi) is 4.19. The Morgan fingerprint density at radius 3 is 2.69 bits per heavy atom. The Balaban J connectivity index is 2.82. The lowest BCUT2D eigenvalue weighted by molar-refractivity contribution is 0.0957. The monoisotopic (exact) mass is 224 g/mol. The van der Waals surface area contributed by atoms with Crippen molar-refractivity contribution in [1.82, 2.24) is 15.5 Å². The molecule has 0 aliphatic heterocycles. The van der Waals surface area contributed by atoms with E-state index in [0.29, 0.717) is 5.82 Å². The third kappa shape index (κ3) is 2.66. The lowest BCUT2D eigenvalue weighted by atomic mass is 10.3. The summed E-state index contributed by atoms with van der Waals surface area (Å²) in [6.07, 6.45) is 0. The van der Waals surface area contributed by atoms with Crippen molar-refractivity contribution in [3.63, 3.8) is 0 Å². The number of nitrogens with one attached hydrogen (secondary N) is 1. The maximum atomic E-state index is 11.2. The molecule has 88 valence electrons.